The van der Waals surface area contributed by atoms with Crippen LogP contribution in [0.2, 0.25) is 5.02 Å². The maximum atomic E-state index is 6.20. The molecule has 0 heterocycles. The molecule has 0 aliphatic rings. The van der Waals surface area contributed by atoms with Crippen LogP contribution < -0.4 is 0 Å². The number of hydrogen-bond acceptors (Lipinski definition) is 2. The van der Waals surface area contributed by atoms with E-state index in [2.05, 4.69) is 47.6 Å². The summed E-state index contributed by atoms with van der Waals surface area (Å²) in [6.07, 6.45) is 0.996. The third-order valence-corrected chi connectivity index (χ3v) is 4.60. The molecule has 0 aromatic heterocycles. The predicted molar refractivity (Wildman–Crippen MR) is 93.5 cm³/mol. The molecule has 0 atom stereocenters. The Kier molecular flexibility index (Phi) is 7.19. The Morgan fingerprint density at radius 1 is 1.47 bits per heavy atom. The first kappa shape index (κ1) is 16.8. The number of aryl methyl sites for hydroxylation is 1. The number of thioether (sulfide) groups is 1. The lowest BCUT2D eigenvalue weighted by Gasteiger charge is -2.13. The lowest BCUT2D eigenvalue weighted by Crippen LogP contribution is -1.94. The molecule has 0 aliphatic carbocycles. The molecular formula is C15H19BrClNS. The van der Waals surface area contributed by atoms with Crippen molar-refractivity contribution < 1.29 is 0 Å². The van der Waals surface area contributed by atoms with Gasteiger partial charge in [0.05, 0.1) is 10.4 Å². The van der Waals surface area contributed by atoms with Crippen molar-refractivity contribution in [2.45, 2.75) is 27.2 Å². The minimum Gasteiger partial charge on any atom is -0.263 e. The molecule has 0 spiro atoms. The van der Waals surface area contributed by atoms with Crippen molar-refractivity contribution in [2.24, 2.45) is 10.9 Å². The number of nitrogens with zero attached hydrogens (tertiary/aromatic N) is 1. The average Bonchev–Trinajstić information content (AvgIpc) is 2.34. The van der Waals surface area contributed by atoms with Gasteiger partial charge in [-0.15, -0.1) is 11.8 Å². The minimum atomic E-state index is 0.583. The molecule has 1 nitrogen and oxygen atoms in total. The van der Waals surface area contributed by atoms with Gasteiger partial charge in [0.15, 0.2) is 0 Å². The van der Waals surface area contributed by atoms with E-state index < -0.39 is 0 Å². The molecule has 1 rings (SSSR count). The standard InChI is InChI=1S/C15H19BrClNS/c1-10(2)7-14(19-9-16)15(18-4)12-6-5-11(3)13(17)8-12/h5-6,8,10H,4,7,9H2,1-3H3/b15-14-. The van der Waals surface area contributed by atoms with Gasteiger partial charge in [-0.3, -0.25) is 4.99 Å². The molecule has 0 saturated heterocycles. The fourth-order valence-electron chi connectivity index (χ4n) is 1.74. The summed E-state index contributed by atoms with van der Waals surface area (Å²) >= 11 is 11.4. The van der Waals surface area contributed by atoms with Crippen molar-refractivity contribution in [1.82, 2.24) is 0 Å². The van der Waals surface area contributed by atoms with Crippen molar-refractivity contribution in [3.05, 3.63) is 39.3 Å². The zero-order valence-electron chi connectivity index (χ0n) is 11.5. The molecule has 0 N–H and O–H groups in total. The zero-order valence-corrected chi connectivity index (χ0v) is 14.7. The van der Waals surface area contributed by atoms with E-state index in [1.165, 1.54) is 4.91 Å². The van der Waals surface area contributed by atoms with Gasteiger partial charge in [0.1, 0.15) is 0 Å². The highest BCUT2D eigenvalue weighted by Crippen LogP contribution is 2.34. The van der Waals surface area contributed by atoms with Crippen LogP contribution in [-0.2, 0) is 0 Å². The van der Waals surface area contributed by atoms with Crippen molar-refractivity contribution in [3.8, 4) is 0 Å². The molecule has 0 amide bonds. The molecule has 0 bridgehead atoms. The third-order valence-electron chi connectivity index (χ3n) is 2.69. The number of aliphatic imine (C=N–C) groups is 1. The van der Waals surface area contributed by atoms with Gasteiger partial charge in [-0.2, -0.15) is 0 Å². The molecule has 0 aliphatic heterocycles. The molecule has 4 heteroatoms. The van der Waals surface area contributed by atoms with Crippen LogP contribution in [0.15, 0.2) is 28.1 Å². The summed E-state index contributed by atoms with van der Waals surface area (Å²) in [4.78, 5) is 5.48. The molecule has 1 aromatic rings. The van der Waals surface area contributed by atoms with Crippen LogP contribution in [-0.4, -0.2) is 11.4 Å². The van der Waals surface area contributed by atoms with E-state index in [1.54, 1.807) is 11.8 Å². The summed E-state index contributed by atoms with van der Waals surface area (Å²) in [5, 5.41) is 0.770. The molecule has 0 saturated carbocycles. The minimum absolute atomic E-state index is 0.583. The Bertz CT molecular complexity index is 483. The van der Waals surface area contributed by atoms with Crippen LogP contribution >= 0.6 is 39.3 Å². The second kappa shape index (κ2) is 8.13. The molecule has 0 fully saturated rings. The van der Waals surface area contributed by atoms with Gasteiger partial charge in [0.2, 0.25) is 0 Å². The highest BCUT2D eigenvalue weighted by molar-refractivity contribution is 9.11. The van der Waals surface area contributed by atoms with Crippen LogP contribution in [0.1, 0.15) is 31.4 Å². The predicted octanol–water partition coefficient (Wildman–Crippen LogP) is 6.15. The molecule has 1 aromatic carbocycles. The first-order chi connectivity index (χ1) is 8.99. The first-order valence-corrected chi connectivity index (χ1v) is 8.63. The van der Waals surface area contributed by atoms with Crippen LogP contribution in [0.4, 0.5) is 0 Å². The lowest BCUT2D eigenvalue weighted by atomic mass is 10.1. The molecule has 104 valence electrons. The average molecular weight is 361 g/mol. The van der Waals surface area contributed by atoms with Gasteiger partial charge in [0, 0.05) is 15.5 Å². The first-order valence-electron chi connectivity index (χ1n) is 6.14. The van der Waals surface area contributed by atoms with Gasteiger partial charge >= 0.3 is 0 Å². The summed E-state index contributed by atoms with van der Waals surface area (Å²) in [7, 11) is 0. The number of hydrogen-bond donors (Lipinski definition) is 0. The van der Waals surface area contributed by atoms with Gasteiger partial charge in [-0.05, 0) is 37.6 Å². The quantitative estimate of drug-likeness (QED) is 0.438. The van der Waals surface area contributed by atoms with Crippen molar-refractivity contribution >= 4 is 51.7 Å². The summed E-state index contributed by atoms with van der Waals surface area (Å²) in [6, 6.07) is 6.05. The number of benzene rings is 1. The number of halogens is 2. The summed E-state index contributed by atoms with van der Waals surface area (Å²) in [5.41, 5.74) is 3.06. The van der Waals surface area contributed by atoms with Crippen molar-refractivity contribution in [3.63, 3.8) is 0 Å². The lowest BCUT2D eigenvalue weighted by molar-refractivity contribution is 0.659. The Morgan fingerprint density at radius 2 is 2.16 bits per heavy atom. The molecular weight excluding hydrogens is 342 g/mol. The normalized spacial score (nSPS) is 12.5. The maximum absolute atomic E-state index is 6.20. The smallest absolute Gasteiger partial charge is 0.0790 e. The summed E-state index contributed by atoms with van der Waals surface area (Å²) < 4.78 is 0.855. The second-order valence-corrected chi connectivity index (χ2v) is 7.53. The van der Waals surface area contributed by atoms with E-state index in [0.29, 0.717) is 5.92 Å². The van der Waals surface area contributed by atoms with Crippen molar-refractivity contribution in [1.29, 1.82) is 0 Å². The third kappa shape index (κ3) is 4.97. The van der Waals surface area contributed by atoms with Gasteiger partial charge in [-0.1, -0.05) is 53.5 Å². The van der Waals surface area contributed by atoms with Crippen LogP contribution in [0.3, 0.4) is 0 Å². The van der Waals surface area contributed by atoms with E-state index in [9.17, 15) is 0 Å². The topological polar surface area (TPSA) is 12.4 Å². The second-order valence-electron chi connectivity index (χ2n) is 4.75. The highest BCUT2D eigenvalue weighted by Gasteiger charge is 2.11. The fraction of sp³-hybridized carbons (Fsp3) is 0.400. The number of alkyl halides is 1. The van der Waals surface area contributed by atoms with E-state index in [4.69, 9.17) is 11.6 Å². The molecule has 19 heavy (non-hydrogen) atoms. The largest absolute Gasteiger partial charge is 0.263 e. The van der Waals surface area contributed by atoms with Gasteiger partial charge in [-0.25, -0.2) is 0 Å². The zero-order chi connectivity index (χ0) is 14.4. The van der Waals surface area contributed by atoms with Crippen LogP contribution in [0.5, 0.6) is 0 Å². The number of allylic oxidation sites excluding steroid dienone is 1. The summed E-state index contributed by atoms with van der Waals surface area (Å²) in [5.74, 6) is 0.583. The number of rotatable bonds is 6. The summed E-state index contributed by atoms with van der Waals surface area (Å²) in [6.45, 7) is 10.1. The van der Waals surface area contributed by atoms with E-state index in [-0.39, 0.29) is 0 Å². The Labute approximate surface area is 133 Å². The highest BCUT2D eigenvalue weighted by atomic mass is 79.9. The molecule has 0 unspecified atom stereocenters. The SMILES string of the molecule is C=N/C(=C(/CC(C)C)SCBr)c1ccc(C)c(Cl)c1. The molecule has 0 radical (unpaired) electrons. The van der Waals surface area contributed by atoms with Crippen molar-refractivity contribution in [2.75, 3.05) is 4.66 Å². The monoisotopic (exact) mass is 359 g/mol. The van der Waals surface area contributed by atoms with Gasteiger partial charge in [0.25, 0.3) is 0 Å². The Morgan fingerprint density at radius 3 is 2.63 bits per heavy atom. The Hall–Kier alpha value is -0.250. The van der Waals surface area contributed by atoms with E-state index in [1.807, 2.05) is 19.1 Å². The Balaban J connectivity index is 3.26. The maximum Gasteiger partial charge on any atom is 0.0790 e. The fourth-order valence-corrected chi connectivity index (χ4v) is 3.65. The van der Waals surface area contributed by atoms with Crippen LogP contribution in [0.25, 0.3) is 5.70 Å². The van der Waals surface area contributed by atoms with Gasteiger partial charge < -0.3 is 0 Å². The van der Waals surface area contributed by atoms with E-state index >= 15 is 0 Å². The van der Waals surface area contributed by atoms with E-state index in [0.717, 1.165) is 32.9 Å². The van der Waals surface area contributed by atoms with Crippen LogP contribution in [0, 0.1) is 12.8 Å².